The highest BCUT2D eigenvalue weighted by Crippen LogP contribution is 2.27. The predicted molar refractivity (Wildman–Crippen MR) is 99.1 cm³/mol. The lowest BCUT2D eigenvalue weighted by Crippen LogP contribution is -2.18. The van der Waals surface area contributed by atoms with E-state index in [0.717, 1.165) is 17.5 Å². The number of hydrogen-bond donors (Lipinski definition) is 3. The van der Waals surface area contributed by atoms with E-state index in [0.29, 0.717) is 12.2 Å². The minimum absolute atomic E-state index is 0. The van der Waals surface area contributed by atoms with E-state index < -0.39 is 5.97 Å². The van der Waals surface area contributed by atoms with Crippen LogP contribution in [-0.4, -0.2) is 17.6 Å². The van der Waals surface area contributed by atoms with E-state index >= 15 is 0 Å². The molecule has 0 saturated heterocycles. The van der Waals surface area contributed by atoms with Gasteiger partial charge in [0.25, 0.3) is 0 Å². The number of halogens is 2. The summed E-state index contributed by atoms with van der Waals surface area (Å²) in [6, 6.07) is 15.2. The Morgan fingerprint density at radius 1 is 1.13 bits per heavy atom. The number of nitrogens with two attached hydrogens (primary N) is 1. The van der Waals surface area contributed by atoms with Crippen molar-refractivity contribution in [3.8, 4) is 0 Å². The highest BCUT2D eigenvalue weighted by Gasteiger charge is 2.17. The highest BCUT2D eigenvalue weighted by molar-refractivity contribution is 5.95. The maximum absolute atomic E-state index is 11.4. The predicted octanol–water partition coefficient (Wildman–Crippen LogP) is 4.04. The van der Waals surface area contributed by atoms with Crippen molar-refractivity contribution in [2.24, 2.45) is 5.73 Å². The van der Waals surface area contributed by atoms with Gasteiger partial charge in [-0.1, -0.05) is 42.5 Å². The molecule has 0 heterocycles. The minimum atomic E-state index is -0.930. The molecule has 2 rings (SSSR count). The van der Waals surface area contributed by atoms with Crippen molar-refractivity contribution >= 4 is 36.5 Å². The lowest BCUT2D eigenvalue weighted by Gasteiger charge is -2.22. The highest BCUT2D eigenvalue weighted by atomic mass is 35.5. The van der Waals surface area contributed by atoms with Crippen LogP contribution in [0.25, 0.3) is 0 Å². The molecule has 0 aliphatic rings. The van der Waals surface area contributed by atoms with E-state index in [9.17, 15) is 9.90 Å². The zero-order valence-electron chi connectivity index (χ0n) is 12.9. The van der Waals surface area contributed by atoms with Crippen LogP contribution in [0.15, 0.2) is 48.5 Å². The van der Waals surface area contributed by atoms with Crippen LogP contribution in [0, 0.1) is 6.92 Å². The summed E-state index contributed by atoms with van der Waals surface area (Å²) in [5.74, 6) is -0.930. The maximum Gasteiger partial charge on any atom is 0.337 e. The summed E-state index contributed by atoms with van der Waals surface area (Å²) < 4.78 is 0. The van der Waals surface area contributed by atoms with Gasteiger partial charge in [0.15, 0.2) is 0 Å². The summed E-state index contributed by atoms with van der Waals surface area (Å²) in [7, 11) is 0. The second kappa shape index (κ2) is 10.1. The average molecular weight is 357 g/mol. The number of carboxylic acid groups (broad SMARTS) is 1. The third kappa shape index (κ3) is 5.43. The number of benzene rings is 2. The van der Waals surface area contributed by atoms with Crippen LogP contribution in [0.4, 0.5) is 5.69 Å². The van der Waals surface area contributed by atoms with Gasteiger partial charge in [-0.05, 0) is 37.1 Å². The lowest BCUT2D eigenvalue weighted by atomic mass is 10.0. The molecule has 0 amide bonds. The summed E-state index contributed by atoms with van der Waals surface area (Å²) in [4.78, 5) is 11.4. The zero-order valence-corrected chi connectivity index (χ0v) is 14.5. The number of nitrogens with one attached hydrogen (secondary N) is 1. The number of anilines is 1. The van der Waals surface area contributed by atoms with Gasteiger partial charge in [0.2, 0.25) is 0 Å². The van der Waals surface area contributed by atoms with Crippen LogP contribution >= 0.6 is 24.8 Å². The molecule has 0 aliphatic carbocycles. The van der Waals surface area contributed by atoms with Gasteiger partial charge in [0.05, 0.1) is 17.3 Å². The maximum atomic E-state index is 11.4. The van der Waals surface area contributed by atoms with Crippen molar-refractivity contribution in [1.82, 2.24) is 0 Å². The van der Waals surface area contributed by atoms with Gasteiger partial charge < -0.3 is 16.2 Å². The normalized spacial score (nSPS) is 10.9. The monoisotopic (exact) mass is 356 g/mol. The molecule has 4 N–H and O–H groups in total. The Bertz CT molecular complexity index is 621. The SMILES string of the molecule is Cc1cccc(C(=O)O)c1NC(CCN)c1ccccc1.Cl.Cl. The van der Waals surface area contributed by atoms with Crippen LogP contribution in [0.2, 0.25) is 0 Å². The molecule has 0 saturated carbocycles. The van der Waals surface area contributed by atoms with Gasteiger partial charge in [-0.15, -0.1) is 24.8 Å². The second-order valence-electron chi connectivity index (χ2n) is 4.99. The van der Waals surface area contributed by atoms with Crippen LogP contribution in [0.5, 0.6) is 0 Å². The van der Waals surface area contributed by atoms with Crippen LogP contribution in [0.3, 0.4) is 0 Å². The van der Waals surface area contributed by atoms with Crippen molar-refractivity contribution in [3.05, 3.63) is 65.2 Å². The van der Waals surface area contributed by atoms with E-state index in [1.54, 1.807) is 12.1 Å². The molecule has 126 valence electrons. The number of rotatable bonds is 6. The summed E-state index contributed by atoms with van der Waals surface area (Å²) in [6.45, 7) is 2.43. The van der Waals surface area contributed by atoms with Crippen molar-refractivity contribution in [2.45, 2.75) is 19.4 Å². The minimum Gasteiger partial charge on any atom is -0.478 e. The molecule has 0 aliphatic heterocycles. The zero-order chi connectivity index (χ0) is 15.2. The smallest absolute Gasteiger partial charge is 0.337 e. The third-order valence-electron chi connectivity index (χ3n) is 3.48. The van der Waals surface area contributed by atoms with Crippen molar-refractivity contribution < 1.29 is 9.90 Å². The molecule has 0 spiro atoms. The summed E-state index contributed by atoms with van der Waals surface area (Å²) in [5, 5.41) is 12.7. The fourth-order valence-electron chi connectivity index (χ4n) is 2.39. The van der Waals surface area contributed by atoms with E-state index in [4.69, 9.17) is 5.73 Å². The molecule has 0 fully saturated rings. The van der Waals surface area contributed by atoms with Crippen LogP contribution < -0.4 is 11.1 Å². The molecule has 23 heavy (non-hydrogen) atoms. The topological polar surface area (TPSA) is 75.3 Å². The molecule has 2 aromatic rings. The first-order chi connectivity index (χ1) is 10.1. The second-order valence-corrected chi connectivity index (χ2v) is 4.99. The Labute approximate surface area is 148 Å². The molecular weight excluding hydrogens is 335 g/mol. The van der Waals surface area contributed by atoms with E-state index in [1.807, 2.05) is 43.3 Å². The molecule has 0 aromatic heterocycles. The van der Waals surface area contributed by atoms with Gasteiger partial charge >= 0.3 is 5.97 Å². The molecule has 1 atom stereocenters. The third-order valence-corrected chi connectivity index (χ3v) is 3.48. The van der Waals surface area contributed by atoms with E-state index in [-0.39, 0.29) is 36.4 Å². The standard InChI is InChI=1S/C17H20N2O2.2ClH/c1-12-6-5-9-14(17(20)21)16(12)19-15(10-11-18)13-7-3-2-4-8-13;;/h2-9,15,19H,10-11,18H2,1H3,(H,20,21);2*1H. The van der Waals surface area contributed by atoms with Gasteiger partial charge in [0, 0.05) is 0 Å². The van der Waals surface area contributed by atoms with Gasteiger partial charge in [-0.3, -0.25) is 0 Å². The van der Waals surface area contributed by atoms with Crippen molar-refractivity contribution in [3.63, 3.8) is 0 Å². The Morgan fingerprint density at radius 2 is 1.78 bits per heavy atom. The Balaban J connectivity index is 0.00000242. The van der Waals surface area contributed by atoms with Crippen molar-refractivity contribution in [1.29, 1.82) is 0 Å². The lowest BCUT2D eigenvalue weighted by molar-refractivity contribution is 0.0698. The number of carboxylic acids is 1. The van der Waals surface area contributed by atoms with Gasteiger partial charge in [0.1, 0.15) is 0 Å². The molecule has 0 radical (unpaired) electrons. The Morgan fingerprint density at radius 3 is 2.35 bits per heavy atom. The summed E-state index contributed by atoms with van der Waals surface area (Å²) in [6.07, 6.45) is 0.734. The van der Waals surface area contributed by atoms with Gasteiger partial charge in [-0.2, -0.15) is 0 Å². The molecule has 4 nitrogen and oxygen atoms in total. The number of aryl methyl sites for hydroxylation is 1. The summed E-state index contributed by atoms with van der Waals surface area (Å²) >= 11 is 0. The van der Waals surface area contributed by atoms with E-state index in [1.165, 1.54) is 0 Å². The fourth-order valence-corrected chi connectivity index (χ4v) is 2.39. The first-order valence-electron chi connectivity index (χ1n) is 6.98. The molecular formula is C17H22Cl2N2O2. The number of hydrogen-bond acceptors (Lipinski definition) is 3. The summed E-state index contributed by atoms with van der Waals surface area (Å²) in [5.41, 5.74) is 8.65. The quantitative estimate of drug-likeness (QED) is 0.729. The first kappa shape index (κ1) is 21.2. The molecule has 1 unspecified atom stereocenters. The molecule has 6 heteroatoms. The van der Waals surface area contributed by atoms with Crippen LogP contribution in [-0.2, 0) is 0 Å². The van der Waals surface area contributed by atoms with E-state index in [2.05, 4.69) is 5.32 Å². The Kier molecular flexibility index (Phi) is 9.34. The molecule has 0 bridgehead atoms. The number of aromatic carboxylic acids is 1. The number of para-hydroxylation sites is 1. The van der Waals surface area contributed by atoms with Crippen molar-refractivity contribution in [2.75, 3.05) is 11.9 Å². The molecule has 2 aromatic carbocycles. The largest absolute Gasteiger partial charge is 0.478 e. The van der Waals surface area contributed by atoms with Gasteiger partial charge in [-0.25, -0.2) is 4.79 Å². The number of carbonyl (C=O) groups is 1. The average Bonchev–Trinajstić information content (AvgIpc) is 2.49. The van der Waals surface area contributed by atoms with Crippen LogP contribution in [0.1, 0.15) is 33.9 Å². The Hall–Kier alpha value is -1.75. The fraction of sp³-hybridized carbons (Fsp3) is 0.235. The first-order valence-corrected chi connectivity index (χ1v) is 6.98.